The van der Waals surface area contributed by atoms with Crippen molar-refractivity contribution in [3.8, 4) is 0 Å². The molecular formula is C18H22N2O3S. The van der Waals surface area contributed by atoms with Gasteiger partial charge in [-0.25, -0.2) is 8.42 Å². The standard InChI is InChI=1S/C18H22N2O3S/c1-20(2)13-7-12-18(21)15-8-6-9-16(14-15)19-24(22,23)17-10-4-3-5-11-17/h3-6,8-11,14,19H,7,12-13H2,1-2H3. The van der Waals surface area contributed by atoms with Gasteiger partial charge in [0.25, 0.3) is 10.0 Å². The highest BCUT2D eigenvalue weighted by molar-refractivity contribution is 7.92. The van der Waals surface area contributed by atoms with E-state index >= 15 is 0 Å². The average molecular weight is 346 g/mol. The van der Waals surface area contributed by atoms with E-state index in [2.05, 4.69) is 4.72 Å². The zero-order chi connectivity index (χ0) is 17.6. The lowest BCUT2D eigenvalue weighted by atomic mass is 10.1. The van der Waals surface area contributed by atoms with Gasteiger partial charge in [-0.05, 0) is 51.3 Å². The lowest BCUT2D eigenvalue weighted by Gasteiger charge is -2.10. The molecule has 0 aliphatic heterocycles. The molecule has 0 unspecified atom stereocenters. The number of anilines is 1. The molecule has 0 saturated heterocycles. The normalized spacial score (nSPS) is 11.5. The second kappa shape index (κ2) is 8.08. The number of carbonyl (C=O) groups is 1. The first kappa shape index (κ1) is 18.2. The Kier molecular flexibility index (Phi) is 6.11. The van der Waals surface area contributed by atoms with Crippen LogP contribution in [-0.4, -0.2) is 39.7 Å². The Balaban J connectivity index is 2.09. The van der Waals surface area contributed by atoms with Crippen LogP contribution in [0.25, 0.3) is 0 Å². The molecule has 0 radical (unpaired) electrons. The van der Waals surface area contributed by atoms with Gasteiger partial charge in [0.2, 0.25) is 0 Å². The number of sulfonamides is 1. The molecule has 2 aromatic rings. The van der Waals surface area contributed by atoms with Crippen LogP contribution in [-0.2, 0) is 10.0 Å². The Morgan fingerprint density at radius 1 is 1.04 bits per heavy atom. The van der Waals surface area contributed by atoms with E-state index in [0.717, 1.165) is 13.0 Å². The summed E-state index contributed by atoms with van der Waals surface area (Å²) in [5, 5.41) is 0. The summed E-state index contributed by atoms with van der Waals surface area (Å²) in [6, 6.07) is 14.7. The molecule has 0 heterocycles. The maximum Gasteiger partial charge on any atom is 0.261 e. The third kappa shape index (κ3) is 5.18. The highest BCUT2D eigenvalue weighted by atomic mass is 32.2. The molecular weight excluding hydrogens is 324 g/mol. The smallest absolute Gasteiger partial charge is 0.261 e. The number of ketones is 1. The molecule has 0 aromatic heterocycles. The van der Waals surface area contributed by atoms with Gasteiger partial charge < -0.3 is 4.90 Å². The molecule has 0 atom stereocenters. The van der Waals surface area contributed by atoms with E-state index in [0.29, 0.717) is 17.7 Å². The monoisotopic (exact) mass is 346 g/mol. The topological polar surface area (TPSA) is 66.5 Å². The van der Waals surface area contributed by atoms with Gasteiger partial charge in [0.1, 0.15) is 0 Å². The summed E-state index contributed by atoms with van der Waals surface area (Å²) in [5.74, 6) is 0.0117. The van der Waals surface area contributed by atoms with Crippen molar-refractivity contribution in [2.24, 2.45) is 0 Å². The Morgan fingerprint density at radius 3 is 2.42 bits per heavy atom. The van der Waals surface area contributed by atoms with Gasteiger partial charge >= 0.3 is 0 Å². The second-order valence-electron chi connectivity index (χ2n) is 5.83. The summed E-state index contributed by atoms with van der Waals surface area (Å²) in [6.07, 6.45) is 1.21. The number of nitrogens with one attached hydrogen (secondary N) is 1. The average Bonchev–Trinajstić information content (AvgIpc) is 2.55. The first-order chi connectivity index (χ1) is 11.4. The Bertz CT molecular complexity index is 787. The molecule has 24 heavy (non-hydrogen) atoms. The van der Waals surface area contributed by atoms with Crippen molar-refractivity contribution < 1.29 is 13.2 Å². The molecule has 0 aliphatic carbocycles. The van der Waals surface area contributed by atoms with Gasteiger partial charge in [0.15, 0.2) is 5.78 Å². The molecule has 5 nitrogen and oxygen atoms in total. The first-order valence-corrected chi connectivity index (χ1v) is 9.23. The molecule has 0 amide bonds. The van der Waals surface area contributed by atoms with Gasteiger partial charge in [-0.3, -0.25) is 9.52 Å². The van der Waals surface area contributed by atoms with Gasteiger partial charge in [-0.2, -0.15) is 0 Å². The third-order valence-electron chi connectivity index (χ3n) is 3.50. The molecule has 0 saturated carbocycles. The van der Waals surface area contributed by atoms with Gasteiger partial charge in [0.05, 0.1) is 4.90 Å². The fourth-order valence-corrected chi connectivity index (χ4v) is 3.34. The Hall–Kier alpha value is -2.18. The summed E-state index contributed by atoms with van der Waals surface area (Å²) in [5.41, 5.74) is 0.902. The van der Waals surface area contributed by atoms with Crippen LogP contribution in [0.4, 0.5) is 5.69 Å². The van der Waals surface area contributed by atoms with Crippen LogP contribution in [0.15, 0.2) is 59.5 Å². The summed E-state index contributed by atoms with van der Waals surface area (Å²) in [6.45, 7) is 0.839. The zero-order valence-corrected chi connectivity index (χ0v) is 14.7. The van der Waals surface area contributed by atoms with E-state index in [9.17, 15) is 13.2 Å². The van der Waals surface area contributed by atoms with Crippen LogP contribution in [0.1, 0.15) is 23.2 Å². The number of benzene rings is 2. The van der Waals surface area contributed by atoms with E-state index in [1.807, 2.05) is 19.0 Å². The van der Waals surface area contributed by atoms with Crippen molar-refractivity contribution in [1.29, 1.82) is 0 Å². The Labute approximate surface area is 143 Å². The second-order valence-corrected chi connectivity index (χ2v) is 7.51. The van der Waals surface area contributed by atoms with Crippen molar-refractivity contribution in [3.05, 3.63) is 60.2 Å². The van der Waals surface area contributed by atoms with Crippen LogP contribution in [0.5, 0.6) is 0 Å². The van der Waals surface area contributed by atoms with Crippen LogP contribution in [0, 0.1) is 0 Å². The lowest BCUT2D eigenvalue weighted by Crippen LogP contribution is -2.15. The van der Waals surface area contributed by atoms with Crippen LogP contribution in [0.2, 0.25) is 0 Å². The number of Topliss-reactive ketones (excluding diaryl/α,β-unsaturated/α-hetero) is 1. The molecule has 0 aliphatic rings. The molecule has 2 rings (SSSR count). The largest absolute Gasteiger partial charge is 0.309 e. The number of carbonyl (C=O) groups excluding carboxylic acids is 1. The minimum absolute atomic E-state index is 0.0117. The summed E-state index contributed by atoms with van der Waals surface area (Å²) < 4.78 is 27.2. The molecule has 0 fully saturated rings. The van der Waals surface area contributed by atoms with Crippen molar-refractivity contribution in [1.82, 2.24) is 4.90 Å². The van der Waals surface area contributed by atoms with Gasteiger partial charge in [0, 0.05) is 17.7 Å². The van der Waals surface area contributed by atoms with Crippen molar-refractivity contribution in [2.75, 3.05) is 25.4 Å². The van der Waals surface area contributed by atoms with Crippen molar-refractivity contribution >= 4 is 21.5 Å². The quantitative estimate of drug-likeness (QED) is 0.746. The lowest BCUT2D eigenvalue weighted by molar-refractivity contribution is 0.0977. The molecule has 128 valence electrons. The molecule has 1 N–H and O–H groups in total. The van der Waals surface area contributed by atoms with E-state index in [4.69, 9.17) is 0 Å². The SMILES string of the molecule is CN(C)CCCC(=O)c1cccc(NS(=O)(=O)c2ccccc2)c1. The van der Waals surface area contributed by atoms with E-state index in [1.165, 1.54) is 12.1 Å². The van der Waals surface area contributed by atoms with Crippen LogP contribution >= 0.6 is 0 Å². The van der Waals surface area contributed by atoms with Crippen molar-refractivity contribution in [3.63, 3.8) is 0 Å². The minimum atomic E-state index is -3.65. The van der Waals surface area contributed by atoms with E-state index in [1.54, 1.807) is 42.5 Å². The van der Waals surface area contributed by atoms with Gasteiger partial charge in [-0.15, -0.1) is 0 Å². The van der Waals surface area contributed by atoms with Crippen LogP contribution in [0.3, 0.4) is 0 Å². The zero-order valence-electron chi connectivity index (χ0n) is 13.9. The number of hydrogen-bond acceptors (Lipinski definition) is 4. The molecule has 0 bridgehead atoms. The first-order valence-electron chi connectivity index (χ1n) is 7.74. The fraction of sp³-hybridized carbons (Fsp3) is 0.278. The molecule has 0 spiro atoms. The van der Waals surface area contributed by atoms with Gasteiger partial charge in [-0.1, -0.05) is 30.3 Å². The van der Waals surface area contributed by atoms with Crippen LogP contribution < -0.4 is 4.72 Å². The minimum Gasteiger partial charge on any atom is -0.309 e. The summed E-state index contributed by atoms with van der Waals surface area (Å²) in [4.78, 5) is 14.4. The van der Waals surface area contributed by atoms with E-state index in [-0.39, 0.29) is 10.7 Å². The van der Waals surface area contributed by atoms with E-state index < -0.39 is 10.0 Å². The predicted octanol–water partition coefficient (Wildman–Crippen LogP) is 3.01. The highest BCUT2D eigenvalue weighted by Crippen LogP contribution is 2.18. The number of rotatable bonds is 8. The maximum absolute atomic E-state index is 12.3. The number of nitrogens with zero attached hydrogens (tertiary/aromatic N) is 1. The number of hydrogen-bond donors (Lipinski definition) is 1. The fourth-order valence-electron chi connectivity index (χ4n) is 2.27. The molecule has 6 heteroatoms. The summed E-state index contributed by atoms with van der Waals surface area (Å²) in [7, 11) is 0.272. The highest BCUT2D eigenvalue weighted by Gasteiger charge is 2.14. The molecule has 2 aromatic carbocycles. The maximum atomic E-state index is 12.3. The Morgan fingerprint density at radius 2 is 1.75 bits per heavy atom. The van der Waals surface area contributed by atoms with Crippen molar-refractivity contribution in [2.45, 2.75) is 17.7 Å². The summed E-state index contributed by atoms with van der Waals surface area (Å²) >= 11 is 0. The predicted molar refractivity (Wildman–Crippen MR) is 95.8 cm³/mol. The third-order valence-corrected chi connectivity index (χ3v) is 4.90.